The third-order valence-corrected chi connectivity index (χ3v) is 8.40. The van der Waals surface area contributed by atoms with E-state index < -0.39 is 35.6 Å². The molecule has 4 fully saturated rings. The Bertz CT molecular complexity index is 711. The Balaban J connectivity index is 1.72. The van der Waals surface area contributed by atoms with Gasteiger partial charge in [0.15, 0.2) is 0 Å². The number of alkyl halides is 1. The number of hydrogen-bond acceptors (Lipinski definition) is 5. The highest BCUT2D eigenvalue weighted by Gasteiger charge is 2.76. The zero-order valence-corrected chi connectivity index (χ0v) is 19.2. The number of amides is 3. The summed E-state index contributed by atoms with van der Waals surface area (Å²) in [4.78, 5) is 41.4. The van der Waals surface area contributed by atoms with E-state index in [9.17, 15) is 19.5 Å². The van der Waals surface area contributed by atoms with E-state index in [1.807, 2.05) is 6.92 Å². The second-order valence-electron chi connectivity index (χ2n) is 9.11. The van der Waals surface area contributed by atoms with Gasteiger partial charge in [-0.1, -0.05) is 42.1 Å². The predicted octanol–water partition coefficient (Wildman–Crippen LogP) is 0.700. The van der Waals surface area contributed by atoms with Gasteiger partial charge in [-0.3, -0.25) is 14.4 Å². The van der Waals surface area contributed by atoms with Crippen molar-refractivity contribution in [1.29, 1.82) is 0 Å². The molecule has 3 amide bonds. The van der Waals surface area contributed by atoms with Crippen LogP contribution in [0.15, 0.2) is 0 Å². The number of carbonyl (C=O) groups excluding carboxylic acids is 3. The summed E-state index contributed by atoms with van der Waals surface area (Å²) >= 11 is 3.63. The number of carbonyl (C=O) groups is 3. The zero-order valence-electron chi connectivity index (χ0n) is 17.6. The molecule has 8 nitrogen and oxygen atoms in total. The highest BCUT2D eigenvalue weighted by Crippen LogP contribution is 2.60. The molecule has 0 aromatic heterocycles. The number of likely N-dealkylation sites (tertiary alicyclic amines) is 1. The molecule has 3 N–H and O–H groups in total. The van der Waals surface area contributed by atoms with Crippen LogP contribution in [-0.2, 0) is 19.1 Å². The first-order chi connectivity index (χ1) is 14.4. The molecular formula is C21H32BrN3O5. The van der Waals surface area contributed by atoms with Gasteiger partial charge >= 0.3 is 0 Å². The summed E-state index contributed by atoms with van der Waals surface area (Å²) in [5, 5.41) is 15.8. The maximum atomic E-state index is 13.6. The summed E-state index contributed by atoms with van der Waals surface area (Å²) in [6.07, 6.45) is 5.78. The van der Waals surface area contributed by atoms with Crippen molar-refractivity contribution in [3.8, 4) is 0 Å². The number of ether oxygens (including phenoxy) is 1. The van der Waals surface area contributed by atoms with E-state index >= 15 is 0 Å². The molecule has 0 radical (unpaired) electrons. The highest BCUT2D eigenvalue weighted by atomic mass is 79.9. The SMILES string of the molecule is CC[C@@H](CO)N1C(=O)[C@@H]2[C@@H](C(=O)NC)[C@@H]3OC2(CC3Br)C1C(=O)NC1CCCCC1. The largest absolute Gasteiger partial charge is 0.394 e. The summed E-state index contributed by atoms with van der Waals surface area (Å²) < 4.78 is 6.38. The van der Waals surface area contributed by atoms with Gasteiger partial charge in [0.1, 0.15) is 11.6 Å². The van der Waals surface area contributed by atoms with Crippen LogP contribution in [0.1, 0.15) is 51.9 Å². The molecule has 2 bridgehead atoms. The van der Waals surface area contributed by atoms with Gasteiger partial charge in [-0.15, -0.1) is 0 Å². The van der Waals surface area contributed by atoms with Gasteiger partial charge in [-0.25, -0.2) is 0 Å². The molecule has 4 rings (SSSR count). The van der Waals surface area contributed by atoms with Gasteiger partial charge in [0, 0.05) is 17.9 Å². The van der Waals surface area contributed by atoms with Crippen LogP contribution < -0.4 is 10.6 Å². The molecule has 3 aliphatic heterocycles. The maximum absolute atomic E-state index is 13.6. The lowest BCUT2D eigenvalue weighted by Crippen LogP contribution is -2.59. The van der Waals surface area contributed by atoms with Crippen molar-refractivity contribution in [2.24, 2.45) is 11.8 Å². The Kier molecular flexibility index (Phi) is 6.16. The molecule has 1 saturated carbocycles. The summed E-state index contributed by atoms with van der Waals surface area (Å²) in [6.45, 7) is 1.65. The van der Waals surface area contributed by atoms with Crippen molar-refractivity contribution in [1.82, 2.24) is 15.5 Å². The van der Waals surface area contributed by atoms with Crippen LogP contribution in [0.3, 0.4) is 0 Å². The molecule has 4 aliphatic rings. The Morgan fingerprint density at radius 1 is 1.30 bits per heavy atom. The Labute approximate surface area is 185 Å². The van der Waals surface area contributed by atoms with Gasteiger partial charge < -0.3 is 25.4 Å². The fourth-order valence-corrected chi connectivity index (χ4v) is 7.11. The van der Waals surface area contributed by atoms with Crippen LogP contribution in [0.4, 0.5) is 0 Å². The second-order valence-corrected chi connectivity index (χ2v) is 10.3. The van der Waals surface area contributed by atoms with Gasteiger partial charge in [0.25, 0.3) is 0 Å². The number of aliphatic hydroxyl groups excluding tert-OH is 1. The zero-order chi connectivity index (χ0) is 21.6. The van der Waals surface area contributed by atoms with Crippen molar-refractivity contribution in [3.05, 3.63) is 0 Å². The first-order valence-electron chi connectivity index (χ1n) is 11.2. The average molecular weight is 486 g/mol. The molecule has 9 heteroatoms. The number of rotatable bonds is 6. The summed E-state index contributed by atoms with van der Waals surface area (Å²) in [6, 6.07) is -1.23. The van der Waals surface area contributed by atoms with E-state index in [0.29, 0.717) is 12.8 Å². The summed E-state index contributed by atoms with van der Waals surface area (Å²) in [7, 11) is 1.55. The third-order valence-electron chi connectivity index (χ3n) is 7.55. The van der Waals surface area contributed by atoms with Crippen molar-refractivity contribution < 1.29 is 24.2 Å². The quantitative estimate of drug-likeness (QED) is 0.480. The van der Waals surface area contributed by atoms with Gasteiger partial charge in [-0.05, 0) is 25.7 Å². The minimum absolute atomic E-state index is 0.0981. The van der Waals surface area contributed by atoms with Crippen LogP contribution in [-0.4, -0.2) is 76.0 Å². The monoisotopic (exact) mass is 485 g/mol. The van der Waals surface area contributed by atoms with Crippen molar-refractivity contribution in [2.45, 2.75) is 86.5 Å². The second kappa shape index (κ2) is 8.39. The first kappa shape index (κ1) is 22.0. The molecule has 3 heterocycles. The van der Waals surface area contributed by atoms with Crippen molar-refractivity contribution in [2.75, 3.05) is 13.7 Å². The van der Waals surface area contributed by atoms with E-state index in [-0.39, 0.29) is 35.2 Å². The molecule has 1 spiro atoms. The Morgan fingerprint density at radius 2 is 2.00 bits per heavy atom. The van der Waals surface area contributed by atoms with Crippen LogP contribution in [0.5, 0.6) is 0 Å². The van der Waals surface area contributed by atoms with Gasteiger partial charge in [0.2, 0.25) is 17.7 Å². The third kappa shape index (κ3) is 3.19. The summed E-state index contributed by atoms with van der Waals surface area (Å²) in [5.74, 6) is -2.07. The number of nitrogens with one attached hydrogen (secondary N) is 2. The van der Waals surface area contributed by atoms with E-state index in [1.165, 1.54) is 11.3 Å². The molecule has 1 aliphatic carbocycles. The topological polar surface area (TPSA) is 108 Å². The lowest BCUT2D eigenvalue weighted by atomic mass is 9.70. The first-order valence-corrected chi connectivity index (χ1v) is 12.1. The van der Waals surface area contributed by atoms with Crippen LogP contribution >= 0.6 is 15.9 Å². The van der Waals surface area contributed by atoms with Crippen LogP contribution in [0.25, 0.3) is 0 Å². The summed E-state index contributed by atoms with van der Waals surface area (Å²) in [5.41, 5.74) is -1.05. The smallest absolute Gasteiger partial charge is 0.246 e. The van der Waals surface area contributed by atoms with Gasteiger partial charge in [0.05, 0.1) is 30.6 Å². The van der Waals surface area contributed by atoms with E-state index in [4.69, 9.17) is 4.74 Å². The normalized spacial score (nSPS) is 39.1. The highest BCUT2D eigenvalue weighted by molar-refractivity contribution is 9.09. The fourth-order valence-electron chi connectivity index (χ4n) is 6.17. The van der Waals surface area contributed by atoms with Gasteiger partial charge in [-0.2, -0.15) is 0 Å². The lowest BCUT2D eigenvalue weighted by molar-refractivity contribution is -0.146. The van der Waals surface area contributed by atoms with E-state index in [0.717, 1.165) is 25.7 Å². The number of nitrogens with zero attached hydrogens (tertiary/aromatic N) is 1. The maximum Gasteiger partial charge on any atom is 0.246 e. The van der Waals surface area contributed by atoms with E-state index in [2.05, 4.69) is 26.6 Å². The molecule has 3 saturated heterocycles. The lowest BCUT2D eigenvalue weighted by Gasteiger charge is -2.37. The standard InChI is InChI=1S/C21H32BrN3O5/c1-3-12(10-26)25-17(19(28)24-11-7-5-4-6-8-11)21-9-13(22)16(30-21)14(18(27)23-2)15(21)20(25)29/h11-17,26H,3-10H2,1-2H3,(H,23,27)(H,24,28)/t12-,13?,14+,15-,16+,17?,21?/m0/s1. The molecule has 7 atom stereocenters. The molecule has 30 heavy (non-hydrogen) atoms. The molecule has 3 unspecified atom stereocenters. The Morgan fingerprint density at radius 3 is 2.60 bits per heavy atom. The van der Waals surface area contributed by atoms with Crippen LogP contribution in [0, 0.1) is 11.8 Å². The predicted molar refractivity (Wildman–Crippen MR) is 113 cm³/mol. The van der Waals surface area contributed by atoms with E-state index in [1.54, 1.807) is 7.05 Å². The van der Waals surface area contributed by atoms with Crippen LogP contribution in [0.2, 0.25) is 0 Å². The molecule has 0 aromatic rings. The number of halogens is 1. The minimum Gasteiger partial charge on any atom is -0.394 e. The fraction of sp³-hybridized carbons (Fsp3) is 0.857. The number of hydrogen-bond donors (Lipinski definition) is 3. The molecule has 168 valence electrons. The molecular weight excluding hydrogens is 454 g/mol. The number of aliphatic hydroxyl groups is 1. The van der Waals surface area contributed by atoms with Crippen molar-refractivity contribution >= 4 is 33.7 Å². The average Bonchev–Trinajstić information content (AvgIpc) is 3.33. The van der Waals surface area contributed by atoms with Crippen molar-refractivity contribution in [3.63, 3.8) is 0 Å². The molecule has 0 aromatic carbocycles. The minimum atomic E-state index is -1.05. The Hall–Kier alpha value is -1.19. The number of fused-ring (bicyclic) bond motifs is 1.